The Morgan fingerprint density at radius 1 is 1.37 bits per heavy atom. The van der Waals surface area contributed by atoms with Crippen molar-refractivity contribution in [3.05, 3.63) is 0 Å². The molecule has 0 bridgehead atoms. The standard InChI is InChI=1S/C14H27N3O2/c1-14(13(15)18,16-11-3-4-11)7-10-17-8-5-12(19-2)6-9-17/h11-12,16H,3-10H2,1-2H3,(H2,15,18). The van der Waals surface area contributed by atoms with Gasteiger partial charge in [0.05, 0.1) is 11.6 Å². The molecule has 3 N–H and O–H groups in total. The van der Waals surface area contributed by atoms with Crippen LogP contribution in [0, 0.1) is 0 Å². The first-order valence-electron chi connectivity index (χ1n) is 7.36. The highest BCUT2D eigenvalue weighted by Crippen LogP contribution is 2.24. The van der Waals surface area contributed by atoms with Crippen molar-refractivity contribution in [3.63, 3.8) is 0 Å². The molecule has 1 atom stereocenters. The van der Waals surface area contributed by atoms with Crippen molar-refractivity contribution in [3.8, 4) is 0 Å². The van der Waals surface area contributed by atoms with Gasteiger partial charge >= 0.3 is 0 Å². The molecule has 1 saturated carbocycles. The highest BCUT2D eigenvalue weighted by Gasteiger charge is 2.37. The number of piperidine rings is 1. The lowest BCUT2D eigenvalue weighted by atomic mass is 9.95. The molecule has 2 rings (SSSR count). The van der Waals surface area contributed by atoms with E-state index < -0.39 is 5.54 Å². The molecule has 19 heavy (non-hydrogen) atoms. The zero-order valence-electron chi connectivity index (χ0n) is 12.2. The van der Waals surface area contributed by atoms with E-state index in [0.29, 0.717) is 12.1 Å². The number of amides is 1. The lowest BCUT2D eigenvalue weighted by molar-refractivity contribution is -0.124. The molecular weight excluding hydrogens is 242 g/mol. The Hall–Kier alpha value is -0.650. The second kappa shape index (κ2) is 6.20. The van der Waals surface area contributed by atoms with Gasteiger partial charge in [0.2, 0.25) is 5.91 Å². The Morgan fingerprint density at radius 3 is 2.47 bits per heavy atom. The van der Waals surface area contributed by atoms with Crippen molar-refractivity contribution in [2.45, 2.75) is 56.7 Å². The van der Waals surface area contributed by atoms with E-state index >= 15 is 0 Å². The number of primary amides is 1. The minimum absolute atomic E-state index is 0.230. The molecule has 1 unspecified atom stereocenters. The fourth-order valence-corrected chi connectivity index (χ4v) is 2.69. The van der Waals surface area contributed by atoms with Crippen LogP contribution >= 0.6 is 0 Å². The van der Waals surface area contributed by atoms with Gasteiger partial charge in [-0.1, -0.05) is 0 Å². The Bertz CT molecular complexity index is 312. The molecule has 2 aliphatic rings. The molecule has 1 saturated heterocycles. The number of methoxy groups -OCH3 is 1. The third kappa shape index (κ3) is 4.16. The minimum atomic E-state index is -0.556. The Kier molecular flexibility index (Phi) is 4.81. The van der Waals surface area contributed by atoms with Crippen LogP contribution in [0.5, 0.6) is 0 Å². The van der Waals surface area contributed by atoms with Crippen molar-refractivity contribution in [2.75, 3.05) is 26.7 Å². The molecular formula is C14H27N3O2. The number of nitrogens with zero attached hydrogens (tertiary/aromatic N) is 1. The summed E-state index contributed by atoms with van der Waals surface area (Å²) in [6.07, 6.45) is 5.70. The summed E-state index contributed by atoms with van der Waals surface area (Å²) in [7, 11) is 1.78. The molecule has 0 radical (unpaired) electrons. The number of hydrogen-bond donors (Lipinski definition) is 2. The summed E-state index contributed by atoms with van der Waals surface area (Å²) in [5.74, 6) is -0.230. The first-order valence-corrected chi connectivity index (χ1v) is 7.36. The van der Waals surface area contributed by atoms with Gasteiger partial charge in [-0.25, -0.2) is 0 Å². The highest BCUT2D eigenvalue weighted by molar-refractivity contribution is 5.84. The molecule has 2 fully saturated rings. The Balaban J connectivity index is 1.77. The number of nitrogens with two attached hydrogens (primary N) is 1. The van der Waals surface area contributed by atoms with Gasteiger partial charge in [0, 0.05) is 32.8 Å². The van der Waals surface area contributed by atoms with Gasteiger partial charge in [0.1, 0.15) is 0 Å². The zero-order chi connectivity index (χ0) is 13.9. The fourth-order valence-electron chi connectivity index (χ4n) is 2.69. The minimum Gasteiger partial charge on any atom is -0.381 e. The largest absolute Gasteiger partial charge is 0.381 e. The van der Waals surface area contributed by atoms with Crippen LogP contribution in [0.15, 0.2) is 0 Å². The number of rotatable bonds is 7. The maximum absolute atomic E-state index is 11.7. The van der Waals surface area contributed by atoms with Gasteiger partial charge in [0.25, 0.3) is 0 Å². The monoisotopic (exact) mass is 269 g/mol. The maximum Gasteiger partial charge on any atom is 0.237 e. The molecule has 1 aliphatic carbocycles. The van der Waals surface area contributed by atoms with Gasteiger partial charge in [-0.2, -0.15) is 0 Å². The third-order valence-electron chi connectivity index (χ3n) is 4.44. The number of carbonyl (C=O) groups is 1. The average molecular weight is 269 g/mol. The first-order chi connectivity index (χ1) is 9.03. The number of likely N-dealkylation sites (tertiary alicyclic amines) is 1. The van der Waals surface area contributed by atoms with E-state index in [2.05, 4.69) is 10.2 Å². The highest BCUT2D eigenvalue weighted by atomic mass is 16.5. The molecule has 5 nitrogen and oxygen atoms in total. The van der Waals surface area contributed by atoms with Crippen LogP contribution < -0.4 is 11.1 Å². The van der Waals surface area contributed by atoms with Crippen LogP contribution in [-0.4, -0.2) is 55.2 Å². The van der Waals surface area contributed by atoms with Crippen molar-refractivity contribution < 1.29 is 9.53 Å². The van der Waals surface area contributed by atoms with Gasteiger partial charge in [0.15, 0.2) is 0 Å². The Labute approximate surface area is 115 Å². The number of hydrogen-bond acceptors (Lipinski definition) is 4. The fraction of sp³-hybridized carbons (Fsp3) is 0.929. The van der Waals surface area contributed by atoms with Gasteiger partial charge in [-0.05, 0) is 39.0 Å². The van der Waals surface area contributed by atoms with Crippen molar-refractivity contribution in [1.29, 1.82) is 0 Å². The normalized spacial score (nSPS) is 25.2. The first kappa shape index (κ1) is 14.8. The molecule has 1 heterocycles. The van der Waals surface area contributed by atoms with E-state index in [0.717, 1.165) is 38.9 Å². The van der Waals surface area contributed by atoms with Crippen LogP contribution in [0.2, 0.25) is 0 Å². The van der Waals surface area contributed by atoms with E-state index in [9.17, 15) is 4.79 Å². The lowest BCUT2D eigenvalue weighted by Crippen LogP contribution is -2.55. The summed E-state index contributed by atoms with van der Waals surface area (Å²) in [6, 6.07) is 0.497. The molecule has 5 heteroatoms. The van der Waals surface area contributed by atoms with Crippen LogP contribution in [0.1, 0.15) is 39.0 Å². The molecule has 1 amide bonds. The van der Waals surface area contributed by atoms with E-state index in [4.69, 9.17) is 10.5 Å². The molecule has 0 aromatic heterocycles. The predicted molar refractivity (Wildman–Crippen MR) is 74.8 cm³/mol. The second-order valence-electron chi connectivity index (χ2n) is 6.14. The summed E-state index contributed by atoms with van der Waals surface area (Å²) < 4.78 is 5.37. The van der Waals surface area contributed by atoms with E-state index in [1.165, 1.54) is 12.8 Å². The molecule has 110 valence electrons. The number of carbonyl (C=O) groups excluding carboxylic acids is 1. The third-order valence-corrected chi connectivity index (χ3v) is 4.44. The van der Waals surface area contributed by atoms with Crippen molar-refractivity contribution in [1.82, 2.24) is 10.2 Å². The molecule has 0 spiro atoms. The quantitative estimate of drug-likeness (QED) is 0.705. The van der Waals surface area contributed by atoms with Gasteiger partial charge in [-0.15, -0.1) is 0 Å². The second-order valence-corrected chi connectivity index (χ2v) is 6.14. The summed E-state index contributed by atoms with van der Waals surface area (Å²) in [5, 5.41) is 3.40. The SMILES string of the molecule is COC1CCN(CCC(C)(NC2CC2)C(N)=O)CC1. The average Bonchev–Trinajstić information content (AvgIpc) is 3.20. The topological polar surface area (TPSA) is 67.6 Å². The van der Waals surface area contributed by atoms with Gasteiger partial charge in [-0.3, -0.25) is 4.79 Å². The number of ether oxygens (including phenoxy) is 1. The summed E-state index contributed by atoms with van der Waals surface area (Å²) in [6.45, 7) is 4.97. The number of nitrogens with one attached hydrogen (secondary N) is 1. The summed E-state index contributed by atoms with van der Waals surface area (Å²) in [4.78, 5) is 14.1. The van der Waals surface area contributed by atoms with E-state index in [1.54, 1.807) is 7.11 Å². The predicted octanol–water partition coefficient (Wildman–Crippen LogP) is 0.483. The van der Waals surface area contributed by atoms with E-state index in [1.807, 2.05) is 6.92 Å². The lowest BCUT2D eigenvalue weighted by Gasteiger charge is -2.34. The summed E-state index contributed by atoms with van der Waals surface area (Å²) >= 11 is 0. The van der Waals surface area contributed by atoms with E-state index in [-0.39, 0.29) is 5.91 Å². The van der Waals surface area contributed by atoms with Crippen LogP contribution in [-0.2, 0) is 9.53 Å². The van der Waals surface area contributed by atoms with Crippen LogP contribution in [0.4, 0.5) is 0 Å². The van der Waals surface area contributed by atoms with Crippen LogP contribution in [0.25, 0.3) is 0 Å². The molecule has 0 aromatic carbocycles. The van der Waals surface area contributed by atoms with Crippen molar-refractivity contribution in [2.24, 2.45) is 5.73 Å². The van der Waals surface area contributed by atoms with Crippen molar-refractivity contribution >= 4 is 5.91 Å². The van der Waals surface area contributed by atoms with Crippen LogP contribution in [0.3, 0.4) is 0 Å². The summed E-state index contributed by atoms with van der Waals surface area (Å²) in [5.41, 5.74) is 5.01. The molecule has 0 aromatic rings. The zero-order valence-corrected chi connectivity index (χ0v) is 12.2. The van der Waals surface area contributed by atoms with Gasteiger partial charge < -0.3 is 20.7 Å². The maximum atomic E-state index is 11.7. The smallest absolute Gasteiger partial charge is 0.237 e. The Morgan fingerprint density at radius 2 is 2.00 bits per heavy atom. The molecule has 1 aliphatic heterocycles.